The second-order valence-corrected chi connectivity index (χ2v) is 3.17. The molecule has 0 saturated heterocycles. The van der Waals surface area contributed by atoms with Crippen LogP contribution in [0.5, 0.6) is 0 Å². The van der Waals surface area contributed by atoms with Crippen LogP contribution >= 0.6 is 0 Å². The second kappa shape index (κ2) is 5.11. The molecular formula is C7H7F9O2. The fourth-order valence-electron chi connectivity index (χ4n) is 0.818. The highest BCUT2D eigenvalue weighted by Crippen LogP contribution is 2.46. The van der Waals surface area contributed by atoms with Crippen molar-refractivity contribution in [3.63, 3.8) is 0 Å². The van der Waals surface area contributed by atoms with Gasteiger partial charge in [-0.1, -0.05) is 0 Å². The summed E-state index contributed by atoms with van der Waals surface area (Å²) in [4.78, 5) is 0. The van der Waals surface area contributed by atoms with E-state index in [1.807, 2.05) is 0 Å². The maximum absolute atomic E-state index is 13.1. The van der Waals surface area contributed by atoms with Crippen LogP contribution in [-0.2, 0) is 4.74 Å². The van der Waals surface area contributed by atoms with Gasteiger partial charge in [-0.3, -0.25) is 4.74 Å². The number of alkyl halides is 9. The van der Waals surface area contributed by atoms with Gasteiger partial charge >= 0.3 is 24.3 Å². The van der Waals surface area contributed by atoms with Crippen LogP contribution in [0.4, 0.5) is 39.5 Å². The molecule has 0 spiro atoms. The fourth-order valence-corrected chi connectivity index (χ4v) is 0.818. The van der Waals surface area contributed by atoms with Crippen LogP contribution in [0.25, 0.3) is 0 Å². The zero-order valence-corrected chi connectivity index (χ0v) is 8.38. The standard InChI is InChI=1S/C7H7F9O2/c8-4(2-1-3-17,5(9,10)11)18-7(15,16)6(12,13)14/h17H,1-3H2. The van der Waals surface area contributed by atoms with Crippen molar-refractivity contribution < 1.29 is 49.4 Å². The first kappa shape index (κ1) is 17.3. The average molecular weight is 294 g/mol. The lowest BCUT2D eigenvalue weighted by Gasteiger charge is -2.32. The molecule has 0 heterocycles. The van der Waals surface area contributed by atoms with Gasteiger partial charge in [0.15, 0.2) is 0 Å². The first-order valence-electron chi connectivity index (χ1n) is 4.28. The number of rotatable bonds is 5. The minimum Gasteiger partial charge on any atom is -0.396 e. The molecule has 1 unspecified atom stereocenters. The Hall–Kier alpha value is -0.710. The molecule has 0 bridgehead atoms. The van der Waals surface area contributed by atoms with Crippen molar-refractivity contribution in [3.05, 3.63) is 0 Å². The van der Waals surface area contributed by atoms with Crippen LogP contribution in [0.15, 0.2) is 0 Å². The molecule has 1 atom stereocenters. The minimum absolute atomic E-state index is 1.01. The lowest BCUT2D eigenvalue weighted by Crippen LogP contribution is -2.52. The summed E-state index contributed by atoms with van der Waals surface area (Å²) < 4.78 is 111. The summed E-state index contributed by atoms with van der Waals surface area (Å²) in [7, 11) is 0. The monoisotopic (exact) mass is 294 g/mol. The van der Waals surface area contributed by atoms with Gasteiger partial charge in [0.2, 0.25) is 0 Å². The van der Waals surface area contributed by atoms with Crippen LogP contribution in [-0.4, -0.2) is 36.0 Å². The Kier molecular flexibility index (Phi) is 4.91. The number of halogens is 9. The molecule has 0 saturated carbocycles. The minimum atomic E-state index is -6.49. The van der Waals surface area contributed by atoms with E-state index in [1.165, 1.54) is 0 Å². The lowest BCUT2D eigenvalue weighted by molar-refractivity contribution is -0.471. The Balaban J connectivity index is 5.14. The summed E-state index contributed by atoms with van der Waals surface area (Å²) in [5.74, 6) is -5.20. The number of aliphatic hydroxyl groups excluding tert-OH is 1. The summed E-state index contributed by atoms with van der Waals surface area (Å²) >= 11 is 0. The first-order chi connectivity index (χ1) is 7.77. The molecular weight excluding hydrogens is 287 g/mol. The van der Waals surface area contributed by atoms with Crippen LogP contribution in [0.3, 0.4) is 0 Å². The predicted molar refractivity (Wildman–Crippen MR) is 38.3 cm³/mol. The van der Waals surface area contributed by atoms with Crippen molar-refractivity contribution in [3.8, 4) is 0 Å². The molecule has 0 aliphatic heterocycles. The highest BCUT2D eigenvalue weighted by Gasteiger charge is 2.69. The van der Waals surface area contributed by atoms with Gasteiger partial charge in [-0.05, 0) is 6.42 Å². The quantitative estimate of drug-likeness (QED) is 0.789. The number of ether oxygens (including phenoxy) is 1. The van der Waals surface area contributed by atoms with Crippen molar-refractivity contribution in [1.29, 1.82) is 0 Å². The van der Waals surface area contributed by atoms with E-state index in [4.69, 9.17) is 5.11 Å². The van der Waals surface area contributed by atoms with Crippen LogP contribution in [0, 0.1) is 0 Å². The lowest BCUT2D eigenvalue weighted by atomic mass is 10.1. The number of hydrogen-bond acceptors (Lipinski definition) is 2. The predicted octanol–water partition coefficient (Wildman–Crippen LogP) is 3.16. The summed E-state index contributed by atoms with van der Waals surface area (Å²) in [6, 6.07) is 0. The molecule has 0 aromatic heterocycles. The van der Waals surface area contributed by atoms with Crippen LogP contribution in [0.2, 0.25) is 0 Å². The van der Waals surface area contributed by atoms with E-state index < -0.39 is 43.8 Å². The topological polar surface area (TPSA) is 29.5 Å². The molecule has 2 nitrogen and oxygen atoms in total. The smallest absolute Gasteiger partial charge is 0.396 e. The molecule has 18 heavy (non-hydrogen) atoms. The van der Waals surface area contributed by atoms with E-state index in [0.29, 0.717) is 0 Å². The molecule has 1 N–H and O–H groups in total. The van der Waals surface area contributed by atoms with E-state index in [2.05, 4.69) is 4.74 Å². The summed E-state index contributed by atoms with van der Waals surface area (Å²) in [5.41, 5.74) is 0. The van der Waals surface area contributed by atoms with Crippen molar-refractivity contribution in [1.82, 2.24) is 0 Å². The van der Waals surface area contributed by atoms with Crippen LogP contribution in [0.1, 0.15) is 12.8 Å². The average Bonchev–Trinajstić information content (AvgIpc) is 2.10. The van der Waals surface area contributed by atoms with Crippen molar-refractivity contribution >= 4 is 0 Å². The molecule has 0 radical (unpaired) electrons. The first-order valence-corrected chi connectivity index (χ1v) is 4.28. The SMILES string of the molecule is OCCCC(F)(OC(F)(F)C(F)(F)F)C(F)(F)F. The molecule has 0 aliphatic rings. The maximum atomic E-state index is 13.1. The van der Waals surface area contributed by atoms with Gasteiger partial charge in [0.1, 0.15) is 0 Å². The third-order valence-corrected chi connectivity index (χ3v) is 1.70. The third kappa shape index (κ3) is 3.90. The highest BCUT2D eigenvalue weighted by atomic mass is 19.4. The molecule has 0 aromatic carbocycles. The Bertz CT molecular complexity index is 271. The zero-order chi connectivity index (χ0) is 14.8. The van der Waals surface area contributed by atoms with E-state index in [-0.39, 0.29) is 0 Å². The van der Waals surface area contributed by atoms with E-state index >= 15 is 0 Å². The molecule has 0 fully saturated rings. The normalized spacial score (nSPS) is 17.7. The van der Waals surface area contributed by atoms with Gasteiger partial charge in [0.25, 0.3) is 0 Å². The van der Waals surface area contributed by atoms with E-state index in [9.17, 15) is 39.5 Å². The van der Waals surface area contributed by atoms with Gasteiger partial charge in [0.05, 0.1) is 0 Å². The van der Waals surface area contributed by atoms with Gasteiger partial charge in [-0.2, -0.15) is 35.1 Å². The largest absolute Gasteiger partial charge is 0.483 e. The Labute approximate surface area is 94.3 Å². The van der Waals surface area contributed by atoms with Crippen LogP contribution < -0.4 is 0 Å². The Morgan fingerprint density at radius 2 is 1.22 bits per heavy atom. The summed E-state index contributed by atoms with van der Waals surface area (Å²) in [6.45, 7) is -1.04. The fraction of sp³-hybridized carbons (Fsp3) is 1.00. The van der Waals surface area contributed by atoms with Gasteiger partial charge in [-0.15, -0.1) is 0 Å². The number of hydrogen-bond donors (Lipinski definition) is 1. The molecule has 0 aromatic rings. The molecule has 110 valence electrons. The summed E-state index contributed by atoms with van der Waals surface area (Å²) in [6.07, 6.45) is -21.8. The molecule has 0 rings (SSSR count). The van der Waals surface area contributed by atoms with E-state index in [0.717, 1.165) is 0 Å². The van der Waals surface area contributed by atoms with E-state index in [1.54, 1.807) is 0 Å². The zero-order valence-electron chi connectivity index (χ0n) is 8.38. The third-order valence-electron chi connectivity index (χ3n) is 1.70. The Morgan fingerprint density at radius 3 is 1.50 bits per heavy atom. The maximum Gasteiger partial charge on any atom is 0.483 e. The van der Waals surface area contributed by atoms with Gasteiger partial charge in [0, 0.05) is 13.0 Å². The number of aliphatic hydroxyl groups is 1. The van der Waals surface area contributed by atoms with Gasteiger partial charge < -0.3 is 5.11 Å². The van der Waals surface area contributed by atoms with Crippen molar-refractivity contribution in [2.75, 3.05) is 6.61 Å². The highest BCUT2D eigenvalue weighted by molar-refractivity contribution is 4.81. The molecule has 11 heteroatoms. The molecule has 0 aliphatic carbocycles. The summed E-state index contributed by atoms with van der Waals surface area (Å²) in [5, 5.41) is 8.15. The van der Waals surface area contributed by atoms with Crippen molar-refractivity contribution in [2.45, 2.75) is 37.2 Å². The second-order valence-electron chi connectivity index (χ2n) is 3.17. The molecule has 0 amide bonds. The van der Waals surface area contributed by atoms with Gasteiger partial charge in [-0.25, -0.2) is 4.39 Å². The Morgan fingerprint density at radius 1 is 0.778 bits per heavy atom. The van der Waals surface area contributed by atoms with Crippen molar-refractivity contribution in [2.24, 2.45) is 0 Å².